The first-order valence-corrected chi connectivity index (χ1v) is 3.74. The van der Waals surface area contributed by atoms with E-state index in [4.69, 9.17) is 11.5 Å². The quantitative estimate of drug-likeness (QED) is 0.636. The lowest BCUT2D eigenvalue weighted by molar-refractivity contribution is 0.909. The van der Waals surface area contributed by atoms with Gasteiger partial charge in [-0.2, -0.15) is 0 Å². The van der Waals surface area contributed by atoms with Crippen LogP contribution in [-0.4, -0.2) is 9.38 Å². The van der Waals surface area contributed by atoms with Gasteiger partial charge in [0.2, 0.25) is 0 Å². The minimum Gasteiger partial charge on any atom is -0.385 e. The first-order valence-electron chi connectivity index (χ1n) is 3.74. The molecule has 0 aliphatic carbocycles. The molecule has 0 aliphatic heterocycles. The SMILES string of the molecule is NCc1ncc2cccc(N)n12. The van der Waals surface area contributed by atoms with Gasteiger partial charge in [-0.25, -0.2) is 4.98 Å². The van der Waals surface area contributed by atoms with Gasteiger partial charge in [0.05, 0.1) is 18.3 Å². The van der Waals surface area contributed by atoms with Crippen LogP contribution in [-0.2, 0) is 6.54 Å². The molecule has 12 heavy (non-hydrogen) atoms. The molecule has 2 rings (SSSR count). The van der Waals surface area contributed by atoms with E-state index in [0.717, 1.165) is 11.3 Å². The Morgan fingerprint density at radius 1 is 1.42 bits per heavy atom. The summed E-state index contributed by atoms with van der Waals surface area (Å²) in [4.78, 5) is 4.13. The average Bonchev–Trinajstić information content (AvgIpc) is 2.49. The molecule has 0 atom stereocenters. The van der Waals surface area contributed by atoms with Crippen molar-refractivity contribution in [1.29, 1.82) is 0 Å². The highest BCUT2D eigenvalue weighted by atomic mass is 15.1. The highest BCUT2D eigenvalue weighted by Gasteiger charge is 2.02. The highest BCUT2D eigenvalue weighted by Crippen LogP contribution is 2.11. The maximum absolute atomic E-state index is 5.74. The Kier molecular flexibility index (Phi) is 1.48. The third-order valence-electron chi connectivity index (χ3n) is 1.84. The van der Waals surface area contributed by atoms with Crippen LogP contribution in [0.25, 0.3) is 5.52 Å². The van der Waals surface area contributed by atoms with Crippen molar-refractivity contribution in [1.82, 2.24) is 9.38 Å². The van der Waals surface area contributed by atoms with Gasteiger partial charge in [-0.15, -0.1) is 0 Å². The summed E-state index contributed by atoms with van der Waals surface area (Å²) in [5.41, 5.74) is 12.2. The Bertz CT molecular complexity index is 404. The van der Waals surface area contributed by atoms with Crippen LogP contribution in [0.1, 0.15) is 5.82 Å². The van der Waals surface area contributed by atoms with E-state index in [1.54, 1.807) is 6.20 Å². The van der Waals surface area contributed by atoms with E-state index in [1.165, 1.54) is 0 Å². The zero-order valence-corrected chi connectivity index (χ0v) is 6.57. The first kappa shape index (κ1) is 7.12. The molecule has 4 N–H and O–H groups in total. The Hall–Kier alpha value is -1.55. The van der Waals surface area contributed by atoms with Crippen molar-refractivity contribution in [2.24, 2.45) is 5.73 Å². The number of pyridine rings is 1. The van der Waals surface area contributed by atoms with E-state index in [2.05, 4.69) is 4.98 Å². The molecule has 0 unspecified atom stereocenters. The monoisotopic (exact) mass is 162 g/mol. The molecule has 4 nitrogen and oxygen atoms in total. The summed E-state index contributed by atoms with van der Waals surface area (Å²) in [6, 6.07) is 5.67. The predicted octanol–water partition coefficient (Wildman–Crippen LogP) is 0.375. The number of nitrogens with two attached hydrogens (primary N) is 2. The second-order valence-electron chi connectivity index (χ2n) is 2.59. The highest BCUT2D eigenvalue weighted by molar-refractivity contribution is 5.52. The lowest BCUT2D eigenvalue weighted by atomic mass is 10.4. The molecule has 0 fully saturated rings. The molecule has 4 heteroatoms. The smallest absolute Gasteiger partial charge is 0.128 e. The van der Waals surface area contributed by atoms with Crippen LogP contribution in [0, 0.1) is 0 Å². The lowest BCUT2D eigenvalue weighted by Gasteiger charge is -2.01. The van der Waals surface area contributed by atoms with E-state index in [0.29, 0.717) is 12.4 Å². The lowest BCUT2D eigenvalue weighted by Crippen LogP contribution is -2.05. The number of nitrogen functional groups attached to an aromatic ring is 1. The van der Waals surface area contributed by atoms with E-state index in [9.17, 15) is 0 Å². The van der Waals surface area contributed by atoms with E-state index >= 15 is 0 Å². The molecule has 0 saturated heterocycles. The van der Waals surface area contributed by atoms with Crippen LogP contribution in [0.2, 0.25) is 0 Å². The van der Waals surface area contributed by atoms with Gasteiger partial charge in [0.1, 0.15) is 11.6 Å². The molecular weight excluding hydrogens is 152 g/mol. The van der Waals surface area contributed by atoms with Gasteiger partial charge in [-0.3, -0.25) is 4.40 Å². The molecule has 0 amide bonds. The number of nitrogens with zero attached hydrogens (tertiary/aromatic N) is 2. The molecule has 2 aromatic rings. The number of rotatable bonds is 1. The zero-order valence-electron chi connectivity index (χ0n) is 6.57. The van der Waals surface area contributed by atoms with Crippen LogP contribution in [0.4, 0.5) is 5.82 Å². The molecule has 2 aromatic heterocycles. The van der Waals surface area contributed by atoms with Crippen LogP contribution in [0.15, 0.2) is 24.4 Å². The van der Waals surface area contributed by atoms with Gasteiger partial charge in [-0.05, 0) is 12.1 Å². The van der Waals surface area contributed by atoms with E-state index < -0.39 is 0 Å². The second kappa shape index (κ2) is 2.49. The summed E-state index contributed by atoms with van der Waals surface area (Å²) in [6.45, 7) is 0.405. The summed E-state index contributed by atoms with van der Waals surface area (Å²) in [5, 5.41) is 0. The molecule has 0 aromatic carbocycles. The van der Waals surface area contributed by atoms with Crippen molar-refractivity contribution >= 4 is 11.3 Å². The van der Waals surface area contributed by atoms with Crippen molar-refractivity contribution in [3.05, 3.63) is 30.2 Å². The van der Waals surface area contributed by atoms with Gasteiger partial charge < -0.3 is 11.5 Å². The Morgan fingerprint density at radius 2 is 2.25 bits per heavy atom. The summed E-state index contributed by atoms with van der Waals surface area (Å²) >= 11 is 0. The van der Waals surface area contributed by atoms with Gasteiger partial charge in [0.15, 0.2) is 0 Å². The van der Waals surface area contributed by atoms with Crippen molar-refractivity contribution in [3.63, 3.8) is 0 Å². The summed E-state index contributed by atoms with van der Waals surface area (Å²) in [6.07, 6.45) is 1.76. The minimum atomic E-state index is 0.405. The van der Waals surface area contributed by atoms with Crippen LogP contribution < -0.4 is 11.5 Å². The molecule has 0 spiro atoms. The number of fused-ring (bicyclic) bond motifs is 1. The Labute approximate surface area is 69.8 Å². The summed E-state index contributed by atoms with van der Waals surface area (Å²) < 4.78 is 1.85. The minimum absolute atomic E-state index is 0.405. The Morgan fingerprint density at radius 3 is 3.00 bits per heavy atom. The topological polar surface area (TPSA) is 69.3 Å². The van der Waals surface area contributed by atoms with Gasteiger partial charge in [-0.1, -0.05) is 6.07 Å². The summed E-state index contributed by atoms with van der Waals surface area (Å²) in [5.74, 6) is 1.47. The normalized spacial score (nSPS) is 10.8. The van der Waals surface area contributed by atoms with E-state index in [-0.39, 0.29) is 0 Å². The molecule has 0 saturated carbocycles. The number of anilines is 1. The number of hydrogen-bond acceptors (Lipinski definition) is 3. The molecule has 0 bridgehead atoms. The maximum Gasteiger partial charge on any atom is 0.128 e. The van der Waals surface area contributed by atoms with Crippen LogP contribution >= 0.6 is 0 Å². The van der Waals surface area contributed by atoms with Crippen molar-refractivity contribution in [2.45, 2.75) is 6.54 Å². The van der Waals surface area contributed by atoms with Gasteiger partial charge >= 0.3 is 0 Å². The van der Waals surface area contributed by atoms with Crippen molar-refractivity contribution in [2.75, 3.05) is 5.73 Å². The van der Waals surface area contributed by atoms with Crippen molar-refractivity contribution < 1.29 is 0 Å². The zero-order chi connectivity index (χ0) is 8.55. The fourth-order valence-corrected chi connectivity index (χ4v) is 1.28. The number of hydrogen-bond donors (Lipinski definition) is 2. The standard InChI is InChI=1S/C8H10N4/c9-4-8-11-5-6-2-1-3-7(10)12(6)8/h1-3,5H,4,9-10H2. The average molecular weight is 162 g/mol. The largest absolute Gasteiger partial charge is 0.385 e. The molecular formula is C8H10N4. The number of imidazole rings is 1. The molecule has 2 heterocycles. The third kappa shape index (κ3) is 0.853. The Balaban J connectivity index is 2.83. The van der Waals surface area contributed by atoms with E-state index in [1.807, 2.05) is 22.6 Å². The van der Waals surface area contributed by atoms with Crippen LogP contribution in [0.5, 0.6) is 0 Å². The second-order valence-corrected chi connectivity index (χ2v) is 2.59. The maximum atomic E-state index is 5.74. The molecule has 0 aliphatic rings. The molecule has 0 radical (unpaired) electrons. The van der Waals surface area contributed by atoms with Gasteiger partial charge in [0.25, 0.3) is 0 Å². The first-order chi connectivity index (χ1) is 5.83. The fraction of sp³-hybridized carbons (Fsp3) is 0.125. The predicted molar refractivity (Wildman–Crippen MR) is 47.5 cm³/mol. The third-order valence-corrected chi connectivity index (χ3v) is 1.84. The van der Waals surface area contributed by atoms with Gasteiger partial charge in [0, 0.05) is 0 Å². The summed E-state index contributed by atoms with van der Waals surface area (Å²) in [7, 11) is 0. The fourth-order valence-electron chi connectivity index (χ4n) is 1.28. The van der Waals surface area contributed by atoms with Crippen molar-refractivity contribution in [3.8, 4) is 0 Å². The number of aromatic nitrogens is 2. The van der Waals surface area contributed by atoms with Crippen LogP contribution in [0.3, 0.4) is 0 Å². The molecule has 62 valence electrons.